The second-order valence-electron chi connectivity index (χ2n) is 6.35. The van der Waals surface area contributed by atoms with E-state index in [2.05, 4.69) is 46.3 Å². The van der Waals surface area contributed by atoms with Crippen LogP contribution >= 0.6 is 0 Å². The number of aliphatic hydroxyl groups is 1. The van der Waals surface area contributed by atoms with Gasteiger partial charge in [-0.25, -0.2) is 0 Å². The van der Waals surface area contributed by atoms with Crippen molar-refractivity contribution in [1.82, 2.24) is 15.1 Å². The van der Waals surface area contributed by atoms with E-state index in [1.165, 1.54) is 11.1 Å². The fourth-order valence-electron chi connectivity index (χ4n) is 3.43. The summed E-state index contributed by atoms with van der Waals surface area (Å²) < 4.78 is 0. The number of rotatable bonds is 4. The molecule has 1 saturated heterocycles. The summed E-state index contributed by atoms with van der Waals surface area (Å²) in [6, 6.07) is 10.7. The molecule has 2 heterocycles. The molecule has 0 bridgehead atoms. The van der Waals surface area contributed by atoms with Gasteiger partial charge in [-0.2, -0.15) is 5.10 Å². The van der Waals surface area contributed by atoms with Crippen molar-refractivity contribution in [3.63, 3.8) is 0 Å². The molecule has 1 fully saturated rings. The van der Waals surface area contributed by atoms with Crippen LogP contribution in [0.1, 0.15) is 35.4 Å². The summed E-state index contributed by atoms with van der Waals surface area (Å²) >= 11 is 0. The van der Waals surface area contributed by atoms with Crippen molar-refractivity contribution >= 4 is 0 Å². The maximum atomic E-state index is 10.5. The highest BCUT2D eigenvalue weighted by molar-refractivity contribution is 5.23. The summed E-state index contributed by atoms with van der Waals surface area (Å²) in [5, 5.41) is 17.9. The van der Waals surface area contributed by atoms with E-state index in [0.717, 1.165) is 43.7 Å². The number of hydrogen-bond acceptors (Lipinski definition) is 3. The third-order valence-electron chi connectivity index (χ3n) is 4.79. The fourth-order valence-corrected chi connectivity index (χ4v) is 3.43. The Morgan fingerprint density at radius 1 is 1.27 bits per heavy atom. The normalized spacial score (nSPS) is 22.9. The number of aliphatic hydroxyl groups excluding tert-OH is 1. The predicted octanol–water partition coefficient (Wildman–Crippen LogP) is 2.59. The molecule has 1 aromatic heterocycles. The second-order valence-corrected chi connectivity index (χ2v) is 6.35. The number of benzene rings is 1. The minimum atomic E-state index is -0.249. The first-order valence-electron chi connectivity index (χ1n) is 8.11. The van der Waals surface area contributed by atoms with Gasteiger partial charge in [0.1, 0.15) is 0 Å². The zero-order chi connectivity index (χ0) is 15.5. The SMILES string of the molecule is Cc1n[nH]c(C)c1CN1CCC[C@H](O)[C@@H]1Cc1ccccc1. The lowest BCUT2D eigenvalue weighted by Crippen LogP contribution is -2.49. The van der Waals surface area contributed by atoms with Crippen LogP contribution in [0.5, 0.6) is 0 Å². The van der Waals surface area contributed by atoms with E-state index >= 15 is 0 Å². The van der Waals surface area contributed by atoms with Crippen LogP contribution < -0.4 is 0 Å². The van der Waals surface area contributed by atoms with Gasteiger partial charge in [0.15, 0.2) is 0 Å². The summed E-state index contributed by atoms with van der Waals surface area (Å²) in [7, 11) is 0. The van der Waals surface area contributed by atoms with Crippen LogP contribution in [-0.4, -0.2) is 38.9 Å². The largest absolute Gasteiger partial charge is 0.391 e. The van der Waals surface area contributed by atoms with E-state index in [1.54, 1.807) is 0 Å². The molecule has 4 nitrogen and oxygen atoms in total. The average molecular weight is 299 g/mol. The molecule has 0 unspecified atom stereocenters. The highest BCUT2D eigenvalue weighted by atomic mass is 16.3. The quantitative estimate of drug-likeness (QED) is 0.912. The van der Waals surface area contributed by atoms with Crippen molar-refractivity contribution in [3.05, 3.63) is 52.8 Å². The lowest BCUT2D eigenvalue weighted by atomic mass is 9.92. The maximum Gasteiger partial charge on any atom is 0.0699 e. The number of nitrogens with one attached hydrogen (secondary N) is 1. The number of aromatic amines is 1. The molecule has 2 N–H and O–H groups in total. The molecule has 0 saturated carbocycles. The fraction of sp³-hybridized carbons (Fsp3) is 0.500. The lowest BCUT2D eigenvalue weighted by Gasteiger charge is -2.39. The van der Waals surface area contributed by atoms with Gasteiger partial charge in [-0.05, 0) is 45.2 Å². The van der Waals surface area contributed by atoms with Gasteiger partial charge in [0.25, 0.3) is 0 Å². The molecule has 118 valence electrons. The van der Waals surface area contributed by atoms with Crippen LogP contribution in [-0.2, 0) is 13.0 Å². The lowest BCUT2D eigenvalue weighted by molar-refractivity contribution is 0.00656. The molecule has 2 atom stereocenters. The molecule has 1 aromatic carbocycles. The van der Waals surface area contributed by atoms with Crippen LogP contribution in [0.2, 0.25) is 0 Å². The third kappa shape index (κ3) is 3.23. The van der Waals surface area contributed by atoms with Gasteiger partial charge >= 0.3 is 0 Å². The van der Waals surface area contributed by atoms with Crippen molar-refractivity contribution in [1.29, 1.82) is 0 Å². The van der Waals surface area contributed by atoms with Crippen LogP contribution in [0.15, 0.2) is 30.3 Å². The van der Waals surface area contributed by atoms with Crippen molar-refractivity contribution in [3.8, 4) is 0 Å². The van der Waals surface area contributed by atoms with E-state index in [9.17, 15) is 5.11 Å². The zero-order valence-electron chi connectivity index (χ0n) is 13.4. The average Bonchev–Trinajstić information content (AvgIpc) is 2.83. The molecule has 0 aliphatic carbocycles. The molecule has 3 rings (SSSR count). The number of aryl methyl sites for hydroxylation is 2. The molecule has 1 aliphatic rings. The molecule has 0 spiro atoms. The molecule has 2 aromatic rings. The Bertz CT molecular complexity index is 589. The Balaban J connectivity index is 1.78. The van der Waals surface area contributed by atoms with Crippen molar-refractivity contribution < 1.29 is 5.11 Å². The van der Waals surface area contributed by atoms with Gasteiger partial charge < -0.3 is 5.11 Å². The van der Waals surface area contributed by atoms with E-state index < -0.39 is 0 Å². The number of nitrogens with zero attached hydrogens (tertiary/aromatic N) is 2. The molecule has 22 heavy (non-hydrogen) atoms. The molecule has 1 aliphatic heterocycles. The summed E-state index contributed by atoms with van der Waals surface area (Å²) in [4.78, 5) is 2.42. The van der Waals surface area contributed by atoms with Gasteiger partial charge in [-0.1, -0.05) is 30.3 Å². The van der Waals surface area contributed by atoms with Gasteiger partial charge in [-0.15, -0.1) is 0 Å². The van der Waals surface area contributed by atoms with Gasteiger partial charge in [0.2, 0.25) is 0 Å². The number of hydrogen-bond donors (Lipinski definition) is 2. The van der Waals surface area contributed by atoms with Crippen LogP contribution in [0, 0.1) is 13.8 Å². The summed E-state index contributed by atoms with van der Waals surface area (Å²) in [6.45, 7) is 6.02. The van der Waals surface area contributed by atoms with E-state index in [0.29, 0.717) is 0 Å². The minimum Gasteiger partial charge on any atom is -0.391 e. The number of H-pyrrole nitrogens is 1. The minimum absolute atomic E-state index is 0.185. The van der Waals surface area contributed by atoms with Gasteiger partial charge in [0, 0.05) is 23.8 Å². The monoisotopic (exact) mass is 299 g/mol. The standard InChI is InChI=1S/C18H25N3O/c1-13-16(14(2)20-19-13)12-21-10-6-9-18(22)17(21)11-15-7-4-3-5-8-15/h3-5,7-8,17-18,22H,6,9-12H2,1-2H3,(H,19,20)/t17-,18-/m0/s1. The van der Waals surface area contributed by atoms with Crippen molar-refractivity contribution in [2.75, 3.05) is 6.54 Å². The summed E-state index contributed by atoms with van der Waals surface area (Å²) in [5.41, 5.74) is 4.76. The molecule has 4 heteroatoms. The Kier molecular flexibility index (Phi) is 4.60. The second kappa shape index (κ2) is 6.63. The van der Waals surface area contributed by atoms with E-state index in [4.69, 9.17) is 0 Å². The smallest absolute Gasteiger partial charge is 0.0699 e. The molecule has 0 amide bonds. The first-order chi connectivity index (χ1) is 10.6. The van der Waals surface area contributed by atoms with Crippen LogP contribution in [0.25, 0.3) is 0 Å². The van der Waals surface area contributed by atoms with Gasteiger partial charge in [0.05, 0.1) is 11.8 Å². The first-order valence-corrected chi connectivity index (χ1v) is 8.11. The highest BCUT2D eigenvalue weighted by Crippen LogP contribution is 2.24. The zero-order valence-corrected chi connectivity index (χ0v) is 13.4. The highest BCUT2D eigenvalue weighted by Gasteiger charge is 2.30. The Morgan fingerprint density at radius 2 is 2.05 bits per heavy atom. The summed E-state index contributed by atoms with van der Waals surface area (Å²) in [6.07, 6.45) is 2.61. The Morgan fingerprint density at radius 3 is 2.73 bits per heavy atom. The van der Waals surface area contributed by atoms with Crippen molar-refractivity contribution in [2.45, 2.75) is 51.8 Å². The number of aromatic nitrogens is 2. The van der Waals surface area contributed by atoms with Crippen molar-refractivity contribution in [2.24, 2.45) is 0 Å². The maximum absolute atomic E-state index is 10.5. The van der Waals surface area contributed by atoms with E-state index in [-0.39, 0.29) is 12.1 Å². The number of piperidine rings is 1. The molecular weight excluding hydrogens is 274 g/mol. The molecule has 0 radical (unpaired) electrons. The Labute approximate surface area is 132 Å². The first kappa shape index (κ1) is 15.3. The van der Waals surface area contributed by atoms with Gasteiger partial charge in [-0.3, -0.25) is 10.00 Å². The van der Waals surface area contributed by atoms with E-state index in [1.807, 2.05) is 13.0 Å². The Hall–Kier alpha value is -1.65. The van der Waals surface area contributed by atoms with Crippen LogP contribution in [0.3, 0.4) is 0 Å². The third-order valence-corrected chi connectivity index (χ3v) is 4.79. The predicted molar refractivity (Wildman–Crippen MR) is 87.6 cm³/mol. The van der Waals surface area contributed by atoms with Crippen LogP contribution in [0.4, 0.5) is 0 Å². The summed E-state index contributed by atoms with van der Waals surface area (Å²) in [5.74, 6) is 0. The molecular formula is C18H25N3O. The topological polar surface area (TPSA) is 52.2 Å². The number of likely N-dealkylation sites (tertiary alicyclic amines) is 1.